The lowest BCUT2D eigenvalue weighted by atomic mass is 10.0. The van der Waals surface area contributed by atoms with Crippen molar-refractivity contribution in [3.8, 4) is 22.6 Å². The van der Waals surface area contributed by atoms with Crippen LogP contribution in [0, 0.1) is 0 Å². The van der Waals surface area contributed by atoms with Gasteiger partial charge in [0.25, 0.3) is 0 Å². The summed E-state index contributed by atoms with van der Waals surface area (Å²) in [6.07, 6.45) is -9.44. The molecule has 0 saturated carbocycles. The summed E-state index contributed by atoms with van der Waals surface area (Å²) in [5, 5.41) is 18.6. The van der Waals surface area contributed by atoms with Gasteiger partial charge in [-0.15, -0.1) is 0 Å². The van der Waals surface area contributed by atoms with E-state index in [0.29, 0.717) is 12.1 Å². The number of hydrogen-bond acceptors (Lipinski definition) is 3. The molecular formula is C22H12F6O5. The summed E-state index contributed by atoms with van der Waals surface area (Å²) in [7, 11) is 0. The van der Waals surface area contributed by atoms with Crippen LogP contribution in [0.15, 0.2) is 60.7 Å². The molecule has 5 nitrogen and oxygen atoms in total. The second kappa shape index (κ2) is 8.49. The molecule has 0 unspecified atom stereocenters. The molecule has 11 heteroatoms. The molecule has 0 radical (unpaired) electrons. The van der Waals surface area contributed by atoms with Gasteiger partial charge in [0.15, 0.2) is 0 Å². The van der Waals surface area contributed by atoms with Crippen molar-refractivity contribution in [2.75, 3.05) is 0 Å². The molecule has 0 amide bonds. The summed E-state index contributed by atoms with van der Waals surface area (Å²) < 4.78 is 83.7. The number of carboxylic acids is 2. The maximum atomic E-state index is 13.3. The van der Waals surface area contributed by atoms with Crippen LogP contribution in [-0.4, -0.2) is 22.2 Å². The Bertz CT molecular complexity index is 1210. The highest BCUT2D eigenvalue weighted by molar-refractivity contribution is 6.03. The molecule has 3 aromatic rings. The minimum Gasteiger partial charge on any atom is -0.478 e. The van der Waals surface area contributed by atoms with Crippen molar-refractivity contribution >= 4 is 11.9 Å². The third-order valence-electron chi connectivity index (χ3n) is 4.52. The number of carbonyl (C=O) groups is 2. The normalized spacial score (nSPS) is 11.8. The number of rotatable bonds is 5. The van der Waals surface area contributed by atoms with Crippen LogP contribution in [0.3, 0.4) is 0 Å². The highest BCUT2D eigenvalue weighted by atomic mass is 19.4. The molecule has 172 valence electrons. The summed E-state index contributed by atoms with van der Waals surface area (Å²) in [6, 6.07) is 8.84. The fourth-order valence-corrected chi connectivity index (χ4v) is 2.99. The molecule has 0 bridgehead atoms. The average Bonchev–Trinajstić information content (AvgIpc) is 2.72. The van der Waals surface area contributed by atoms with E-state index in [1.165, 1.54) is 0 Å². The molecule has 0 heterocycles. The number of benzene rings is 3. The number of carboxylic acid groups (broad SMARTS) is 2. The standard InChI is InChI=1S/C22H12F6O5/c23-21(24,25)12-6-4-11(5-7-12)14-9-8-13(22(26,27)28)10-17(14)33-16-3-1-2-15(19(29)30)18(16)20(31)32/h1-10H,(H,29,30)(H,31,32). The van der Waals surface area contributed by atoms with E-state index in [-0.39, 0.29) is 11.1 Å². The molecule has 0 aliphatic carbocycles. The summed E-state index contributed by atoms with van der Waals surface area (Å²) >= 11 is 0. The molecule has 0 atom stereocenters. The topological polar surface area (TPSA) is 83.8 Å². The first-order valence-corrected chi connectivity index (χ1v) is 8.95. The van der Waals surface area contributed by atoms with E-state index in [2.05, 4.69) is 0 Å². The molecule has 0 spiro atoms. The largest absolute Gasteiger partial charge is 0.478 e. The second-order valence-corrected chi connectivity index (χ2v) is 6.67. The smallest absolute Gasteiger partial charge is 0.416 e. The van der Waals surface area contributed by atoms with Crippen molar-refractivity contribution in [1.29, 1.82) is 0 Å². The SMILES string of the molecule is O=C(O)c1cccc(Oc2cc(C(F)(F)F)ccc2-c2ccc(C(F)(F)F)cc2)c1C(=O)O. The van der Waals surface area contributed by atoms with E-state index >= 15 is 0 Å². The first kappa shape index (κ1) is 23.6. The Labute approximate surface area is 181 Å². The lowest BCUT2D eigenvalue weighted by molar-refractivity contribution is -0.138. The Morgan fingerprint density at radius 3 is 1.79 bits per heavy atom. The van der Waals surface area contributed by atoms with E-state index in [0.717, 1.165) is 48.5 Å². The van der Waals surface area contributed by atoms with Gasteiger partial charge in [0.1, 0.15) is 17.1 Å². The maximum Gasteiger partial charge on any atom is 0.416 e. The fourth-order valence-electron chi connectivity index (χ4n) is 2.99. The lowest BCUT2D eigenvalue weighted by Crippen LogP contribution is -2.10. The van der Waals surface area contributed by atoms with Crippen LogP contribution in [0.1, 0.15) is 31.8 Å². The van der Waals surface area contributed by atoms with E-state index in [1.54, 1.807) is 0 Å². The molecule has 3 aromatic carbocycles. The quantitative estimate of drug-likeness (QED) is 0.412. The Kier molecular flexibility index (Phi) is 6.08. The van der Waals surface area contributed by atoms with Gasteiger partial charge in [0.05, 0.1) is 16.7 Å². The zero-order valence-corrected chi connectivity index (χ0v) is 16.2. The molecule has 0 fully saturated rings. The zero-order valence-electron chi connectivity index (χ0n) is 16.2. The average molecular weight is 470 g/mol. The van der Waals surface area contributed by atoms with Crippen molar-refractivity contribution in [1.82, 2.24) is 0 Å². The zero-order chi connectivity index (χ0) is 24.6. The molecule has 0 aromatic heterocycles. The van der Waals surface area contributed by atoms with Crippen LogP contribution >= 0.6 is 0 Å². The van der Waals surface area contributed by atoms with Gasteiger partial charge in [-0.1, -0.05) is 24.3 Å². The van der Waals surface area contributed by atoms with E-state index in [9.17, 15) is 46.1 Å². The first-order valence-electron chi connectivity index (χ1n) is 8.95. The van der Waals surface area contributed by atoms with Crippen LogP contribution < -0.4 is 4.74 Å². The Hall–Kier alpha value is -4.02. The van der Waals surface area contributed by atoms with Gasteiger partial charge in [-0.2, -0.15) is 26.3 Å². The Balaban J connectivity index is 2.18. The number of hydrogen-bond donors (Lipinski definition) is 2. The number of alkyl halides is 6. The van der Waals surface area contributed by atoms with Gasteiger partial charge >= 0.3 is 24.3 Å². The third-order valence-corrected chi connectivity index (χ3v) is 4.52. The number of halogens is 6. The van der Waals surface area contributed by atoms with Gasteiger partial charge in [-0.25, -0.2) is 9.59 Å². The van der Waals surface area contributed by atoms with E-state index in [1.807, 2.05) is 0 Å². The summed E-state index contributed by atoms with van der Waals surface area (Å²) in [4.78, 5) is 23.0. The summed E-state index contributed by atoms with van der Waals surface area (Å²) in [5.74, 6) is -4.40. The number of aromatic carboxylic acids is 2. The highest BCUT2D eigenvalue weighted by Gasteiger charge is 2.33. The molecular weight excluding hydrogens is 458 g/mol. The highest BCUT2D eigenvalue weighted by Crippen LogP contribution is 2.41. The van der Waals surface area contributed by atoms with Gasteiger partial charge in [-0.3, -0.25) is 0 Å². The minimum atomic E-state index is -4.81. The summed E-state index contributed by atoms with van der Waals surface area (Å²) in [5.41, 5.74) is -3.64. The monoisotopic (exact) mass is 470 g/mol. The maximum absolute atomic E-state index is 13.3. The van der Waals surface area contributed by atoms with Crippen molar-refractivity contribution in [2.45, 2.75) is 12.4 Å². The molecule has 3 rings (SSSR count). The van der Waals surface area contributed by atoms with E-state index in [4.69, 9.17) is 4.74 Å². The van der Waals surface area contributed by atoms with Gasteiger partial charge < -0.3 is 14.9 Å². The van der Waals surface area contributed by atoms with Crippen LogP contribution in [0.2, 0.25) is 0 Å². The molecule has 0 aliphatic heterocycles. The van der Waals surface area contributed by atoms with Gasteiger partial charge in [-0.05, 0) is 42.0 Å². The number of ether oxygens (including phenoxy) is 1. The van der Waals surface area contributed by atoms with Crippen molar-refractivity contribution in [3.63, 3.8) is 0 Å². The third kappa shape index (κ3) is 5.08. The predicted molar refractivity (Wildman–Crippen MR) is 102 cm³/mol. The second-order valence-electron chi connectivity index (χ2n) is 6.67. The van der Waals surface area contributed by atoms with Crippen LogP contribution in [0.25, 0.3) is 11.1 Å². The molecule has 0 saturated heterocycles. The van der Waals surface area contributed by atoms with Gasteiger partial charge in [0.2, 0.25) is 0 Å². The predicted octanol–water partition coefficient (Wildman–Crippen LogP) is 6.58. The van der Waals surface area contributed by atoms with Crippen LogP contribution in [0.4, 0.5) is 26.3 Å². The fraction of sp³-hybridized carbons (Fsp3) is 0.0909. The Morgan fingerprint density at radius 2 is 1.27 bits per heavy atom. The minimum absolute atomic E-state index is 0.0537. The van der Waals surface area contributed by atoms with E-state index < -0.39 is 58.0 Å². The Morgan fingerprint density at radius 1 is 0.697 bits per heavy atom. The summed E-state index contributed by atoms with van der Waals surface area (Å²) in [6.45, 7) is 0. The van der Waals surface area contributed by atoms with Crippen LogP contribution in [-0.2, 0) is 12.4 Å². The lowest BCUT2D eigenvalue weighted by Gasteiger charge is -2.17. The van der Waals surface area contributed by atoms with Gasteiger partial charge in [0, 0.05) is 5.56 Å². The molecule has 33 heavy (non-hydrogen) atoms. The van der Waals surface area contributed by atoms with Crippen molar-refractivity contribution in [3.05, 3.63) is 82.9 Å². The van der Waals surface area contributed by atoms with Crippen molar-refractivity contribution in [2.24, 2.45) is 0 Å². The van der Waals surface area contributed by atoms with Crippen LogP contribution in [0.5, 0.6) is 11.5 Å². The first-order chi connectivity index (χ1) is 15.3. The molecule has 2 N–H and O–H groups in total. The molecule has 0 aliphatic rings. The van der Waals surface area contributed by atoms with Crippen molar-refractivity contribution < 1.29 is 50.9 Å².